The lowest BCUT2D eigenvalue weighted by Crippen LogP contribution is -2.54. The number of carbonyl (C=O) groups excluding carboxylic acids is 4. The van der Waals surface area contributed by atoms with E-state index in [4.69, 9.17) is 0 Å². The number of hydrogen-bond donors (Lipinski definition) is 2. The molecule has 0 spiro atoms. The highest BCUT2D eigenvalue weighted by atomic mass is 19.1. The minimum Gasteiger partial charge on any atom is -0.355 e. The molecule has 2 aromatic carbocycles. The Hall–Kier alpha value is -4.34. The van der Waals surface area contributed by atoms with Gasteiger partial charge in [0.25, 0.3) is 11.8 Å². The Morgan fingerprint density at radius 1 is 1.07 bits per heavy atom. The number of amides is 4. The molecule has 4 amide bonds. The summed E-state index contributed by atoms with van der Waals surface area (Å²) in [6.07, 6.45) is 3.82. The molecule has 9 nitrogen and oxygen atoms in total. The zero-order chi connectivity index (χ0) is 29.8. The van der Waals surface area contributed by atoms with E-state index in [0.29, 0.717) is 55.2 Å². The molecule has 2 N–H and O–H groups in total. The summed E-state index contributed by atoms with van der Waals surface area (Å²) >= 11 is 0. The number of pyridine rings is 1. The maximum Gasteiger partial charge on any atom is 0.257 e. The Bertz CT molecular complexity index is 1500. The molecule has 3 aromatic rings. The van der Waals surface area contributed by atoms with E-state index in [1.165, 1.54) is 15.9 Å². The zero-order valence-corrected chi connectivity index (χ0v) is 23.9. The summed E-state index contributed by atoms with van der Waals surface area (Å²) in [5.41, 5.74) is 1.79. The van der Waals surface area contributed by atoms with Crippen LogP contribution in [-0.2, 0) is 16.0 Å². The van der Waals surface area contributed by atoms with Crippen LogP contribution in [0.4, 0.5) is 4.39 Å². The highest BCUT2D eigenvalue weighted by molar-refractivity contribution is 6.07. The number of halogens is 1. The third kappa shape index (κ3) is 6.27. The maximum absolute atomic E-state index is 14.8. The summed E-state index contributed by atoms with van der Waals surface area (Å²) in [4.78, 5) is 61.4. The summed E-state index contributed by atoms with van der Waals surface area (Å²) in [5.74, 6) is -2.25. The summed E-state index contributed by atoms with van der Waals surface area (Å²) in [5, 5.41) is 6.60. The van der Waals surface area contributed by atoms with Crippen molar-refractivity contribution >= 4 is 34.5 Å². The summed E-state index contributed by atoms with van der Waals surface area (Å²) in [6, 6.07) is 12.1. The van der Waals surface area contributed by atoms with Crippen molar-refractivity contribution in [2.75, 3.05) is 26.2 Å². The minimum absolute atomic E-state index is 0.0534. The highest BCUT2D eigenvalue weighted by Gasteiger charge is 2.37. The average molecular weight is 574 g/mol. The van der Waals surface area contributed by atoms with Gasteiger partial charge >= 0.3 is 0 Å². The van der Waals surface area contributed by atoms with Crippen LogP contribution in [0.1, 0.15) is 59.4 Å². The fraction of sp³-hybridized carbons (Fsp3) is 0.406. The lowest BCUT2D eigenvalue weighted by Gasteiger charge is -2.32. The number of aryl methyl sites for hydroxylation is 1. The number of nitrogens with one attached hydrogen (secondary N) is 2. The SMILES string of the molecule is CC(C)[C@@H]1CN(C(=O)c2cccc3ncccc23)CC(=O)NCCCc2ccc(F)c(c2)C(=O)N2CCC[C@H]2C(=O)N1. The van der Waals surface area contributed by atoms with Crippen LogP contribution in [0.3, 0.4) is 0 Å². The van der Waals surface area contributed by atoms with E-state index in [-0.39, 0.29) is 42.3 Å². The van der Waals surface area contributed by atoms with Crippen LogP contribution in [0.25, 0.3) is 10.9 Å². The molecule has 0 radical (unpaired) electrons. The molecule has 2 atom stereocenters. The van der Waals surface area contributed by atoms with Gasteiger partial charge in [-0.05, 0) is 67.5 Å². The average Bonchev–Trinajstić information content (AvgIpc) is 3.48. The largest absolute Gasteiger partial charge is 0.355 e. The summed E-state index contributed by atoms with van der Waals surface area (Å²) in [7, 11) is 0. The van der Waals surface area contributed by atoms with Gasteiger partial charge in [0.15, 0.2) is 0 Å². The summed E-state index contributed by atoms with van der Waals surface area (Å²) < 4.78 is 14.8. The van der Waals surface area contributed by atoms with E-state index < -0.39 is 23.8 Å². The second-order valence-electron chi connectivity index (χ2n) is 11.3. The normalized spacial score (nSPS) is 20.7. The maximum atomic E-state index is 14.8. The molecule has 3 heterocycles. The molecule has 2 bridgehead atoms. The van der Waals surface area contributed by atoms with Crippen molar-refractivity contribution in [3.8, 4) is 0 Å². The Kier molecular flexibility index (Phi) is 8.80. The van der Waals surface area contributed by atoms with Crippen LogP contribution >= 0.6 is 0 Å². The number of aromatic nitrogens is 1. The molecule has 42 heavy (non-hydrogen) atoms. The van der Waals surface area contributed by atoms with Crippen LogP contribution < -0.4 is 10.6 Å². The van der Waals surface area contributed by atoms with Gasteiger partial charge in [0.1, 0.15) is 11.9 Å². The lowest BCUT2D eigenvalue weighted by molar-refractivity contribution is -0.126. The molecular weight excluding hydrogens is 537 g/mol. The van der Waals surface area contributed by atoms with Crippen LogP contribution in [0.5, 0.6) is 0 Å². The van der Waals surface area contributed by atoms with Crippen LogP contribution in [0.2, 0.25) is 0 Å². The number of fused-ring (bicyclic) bond motifs is 4. The number of benzene rings is 2. The Morgan fingerprint density at radius 2 is 1.90 bits per heavy atom. The predicted octanol–water partition coefficient (Wildman–Crippen LogP) is 3.32. The molecule has 220 valence electrons. The third-order valence-electron chi connectivity index (χ3n) is 8.09. The van der Waals surface area contributed by atoms with Crippen LogP contribution in [-0.4, -0.2) is 76.7 Å². The quantitative estimate of drug-likeness (QED) is 0.489. The predicted molar refractivity (Wildman–Crippen MR) is 156 cm³/mol. The third-order valence-corrected chi connectivity index (χ3v) is 8.09. The van der Waals surface area contributed by atoms with Crippen molar-refractivity contribution in [2.45, 2.75) is 51.6 Å². The first-order valence-electron chi connectivity index (χ1n) is 14.5. The van der Waals surface area contributed by atoms with E-state index in [2.05, 4.69) is 15.6 Å². The number of carbonyl (C=O) groups is 4. The number of nitrogens with zero attached hydrogens (tertiary/aromatic N) is 3. The molecule has 0 saturated carbocycles. The second kappa shape index (κ2) is 12.7. The van der Waals surface area contributed by atoms with E-state index in [1.54, 1.807) is 36.5 Å². The first-order valence-corrected chi connectivity index (χ1v) is 14.5. The first-order chi connectivity index (χ1) is 20.2. The molecule has 2 aliphatic heterocycles. The molecule has 1 fully saturated rings. The van der Waals surface area contributed by atoms with Gasteiger partial charge in [-0.15, -0.1) is 0 Å². The van der Waals surface area contributed by atoms with Gasteiger partial charge in [0, 0.05) is 42.8 Å². The monoisotopic (exact) mass is 573 g/mol. The summed E-state index contributed by atoms with van der Waals surface area (Å²) in [6.45, 7) is 4.45. The van der Waals surface area contributed by atoms with E-state index in [0.717, 1.165) is 5.56 Å². The highest BCUT2D eigenvalue weighted by Crippen LogP contribution is 2.24. The number of hydrogen-bond acceptors (Lipinski definition) is 5. The molecule has 2 aliphatic rings. The van der Waals surface area contributed by atoms with Crippen molar-refractivity contribution in [1.29, 1.82) is 0 Å². The first kappa shape index (κ1) is 29.2. The molecule has 10 heteroatoms. The van der Waals surface area contributed by atoms with E-state index in [1.807, 2.05) is 26.0 Å². The Balaban J connectivity index is 1.48. The topological polar surface area (TPSA) is 112 Å². The molecule has 1 aromatic heterocycles. The van der Waals surface area contributed by atoms with Crippen molar-refractivity contribution in [1.82, 2.24) is 25.4 Å². The van der Waals surface area contributed by atoms with Gasteiger partial charge in [-0.2, -0.15) is 0 Å². The standard InChI is InChI=1S/C32H36FN5O4/c1-20(2)27-18-37(31(41)23-8-3-10-26-22(23)9-5-14-34-26)19-29(39)35-15-4-7-21-12-13-25(33)24(17-21)32(42)38-16-6-11-28(38)30(40)36-27/h3,5,8-10,12-14,17,20,27-28H,4,6-7,11,15-16,18-19H2,1-2H3,(H,35,39)(H,36,40)/t27-,28-/m0/s1. The van der Waals surface area contributed by atoms with Crippen LogP contribution in [0, 0.1) is 11.7 Å². The van der Waals surface area contributed by atoms with Gasteiger partial charge in [0.05, 0.1) is 17.6 Å². The van der Waals surface area contributed by atoms with Gasteiger partial charge in [-0.1, -0.05) is 32.0 Å². The van der Waals surface area contributed by atoms with Gasteiger partial charge in [0.2, 0.25) is 11.8 Å². The lowest BCUT2D eigenvalue weighted by atomic mass is 10.0. The van der Waals surface area contributed by atoms with Gasteiger partial charge in [-0.25, -0.2) is 4.39 Å². The Morgan fingerprint density at radius 3 is 2.71 bits per heavy atom. The van der Waals surface area contributed by atoms with Crippen molar-refractivity contribution in [3.63, 3.8) is 0 Å². The van der Waals surface area contributed by atoms with E-state index >= 15 is 0 Å². The molecule has 5 rings (SSSR count). The molecular formula is C32H36FN5O4. The second-order valence-corrected chi connectivity index (χ2v) is 11.3. The Labute approximate surface area is 244 Å². The molecule has 0 aliphatic carbocycles. The zero-order valence-electron chi connectivity index (χ0n) is 23.9. The fourth-order valence-electron chi connectivity index (χ4n) is 5.70. The van der Waals surface area contributed by atoms with Crippen molar-refractivity contribution < 1.29 is 23.6 Å². The molecule has 0 unspecified atom stereocenters. The smallest absolute Gasteiger partial charge is 0.257 e. The van der Waals surface area contributed by atoms with Crippen LogP contribution in [0.15, 0.2) is 54.7 Å². The van der Waals surface area contributed by atoms with Gasteiger partial charge in [-0.3, -0.25) is 24.2 Å². The molecule has 1 saturated heterocycles. The van der Waals surface area contributed by atoms with Crippen molar-refractivity contribution in [2.24, 2.45) is 5.92 Å². The minimum atomic E-state index is -0.755. The number of rotatable bonds is 2. The van der Waals surface area contributed by atoms with Crippen molar-refractivity contribution in [3.05, 3.63) is 77.2 Å². The van der Waals surface area contributed by atoms with Gasteiger partial charge < -0.3 is 20.4 Å². The van der Waals surface area contributed by atoms with E-state index in [9.17, 15) is 23.6 Å². The fourth-order valence-corrected chi connectivity index (χ4v) is 5.70.